The minimum atomic E-state index is -0.295. The summed E-state index contributed by atoms with van der Waals surface area (Å²) < 4.78 is 18.9. The van der Waals surface area contributed by atoms with Gasteiger partial charge in [0, 0.05) is 17.3 Å². The van der Waals surface area contributed by atoms with Crippen molar-refractivity contribution in [3.05, 3.63) is 59.4 Å². The Hall–Kier alpha value is -2.07. The van der Waals surface area contributed by atoms with E-state index in [1.807, 2.05) is 31.2 Å². The molecule has 0 saturated carbocycles. The van der Waals surface area contributed by atoms with Crippen LogP contribution in [0, 0.1) is 5.82 Å². The van der Waals surface area contributed by atoms with Crippen LogP contribution in [0.1, 0.15) is 24.1 Å². The lowest BCUT2D eigenvalue weighted by atomic mass is 10.1. The Morgan fingerprint density at radius 3 is 2.45 bits per heavy atom. The average molecular weight is 275 g/mol. The number of anilines is 1. The number of nitrogens with one attached hydrogen (secondary N) is 1. The molecule has 3 nitrogen and oxygen atoms in total. The maximum absolute atomic E-state index is 14.0. The zero-order valence-electron chi connectivity index (χ0n) is 11.6. The van der Waals surface area contributed by atoms with Gasteiger partial charge in [-0.05, 0) is 30.7 Å². The van der Waals surface area contributed by atoms with Crippen LogP contribution in [-0.2, 0) is 6.61 Å². The highest BCUT2D eigenvalue weighted by Crippen LogP contribution is 2.25. The van der Waals surface area contributed by atoms with E-state index in [1.54, 1.807) is 12.1 Å². The normalized spacial score (nSPS) is 12.0. The number of benzene rings is 2. The van der Waals surface area contributed by atoms with Crippen LogP contribution in [0.4, 0.5) is 10.1 Å². The first-order valence-corrected chi connectivity index (χ1v) is 6.44. The molecule has 0 aromatic heterocycles. The molecule has 0 aliphatic carbocycles. The molecule has 0 saturated heterocycles. The maximum atomic E-state index is 14.0. The molecule has 0 heterocycles. The Bertz CT molecular complexity index is 569. The van der Waals surface area contributed by atoms with Crippen LogP contribution in [0.2, 0.25) is 0 Å². The predicted octanol–water partition coefficient (Wildman–Crippen LogP) is 3.50. The monoisotopic (exact) mass is 275 g/mol. The van der Waals surface area contributed by atoms with Crippen molar-refractivity contribution >= 4 is 5.69 Å². The molecular weight excluding hydrogens is 257 g/mol. The standard InChI is InChI=1S/C16H18FNO2/c1-11(15-8-7-14(20-2)9-16(15)17)18-13-5-3-12(10-19)4-6-13/h3-9,11,18-19H,10H2,1-2H3. The SMILES string of the molecule is COc1ccc(C(C)Nc2ccc(CO)cc2)c(F)c1. The summed E-state index contributed by atoms with van der Waals surface area (Å²) in [7, 11) is 1.51. The van der Waals surface area contributed by atoms with Crippen molar-refractivity contribution in [1.82, 2.24) is 0 Å². The molecular formula is C16H18FNO2. The number of rotatable bonds is 5. The summed E-state index contributed by atoms with van der Waals surface area (Å²) >= 11 is 0. The van der Waals surface area contributed by atoms with Gasteiger partial charge in [0.2, 0.25) is 0 Å². The first-order valence-electron chi connectivity index (χ1n) is 6.44. The second-order valence-electron chi connectivity index (χ2n) is 4.61. The van der Waals surface area contributed by atoms with Gasteiger partial charge in [0.25, 0.3) is 0 Å². The van der Waals surface area contributed by atoms with Gasteiger partial charge in [-0.3, -0.25) is 0 Å². The third-order valence-electron chi connectivity index (χ3n) is 3.19. The second kappa shape index (κ2) is 6.39. The number of hydrogen-bond acceptors (Lipinski definition) is 3. The predicted molar refractivity (Wildman–Crippen MR) is 77.4 cm³/mol. The number of aliphatic hydroxyl groups is 1. The lowest BCUT2D eigenvalue weighted by molar-refractivity contribution is 0.282. The zero-order valence-corrected chi connectivity index (χ0v) is 11.6. The largest absolute Gasteiger partial charge is 0.497 e. The molecule has 0 aliphatic rings. The lowest BCUT2D eigenvalue weighted by Crippen LogP contribution is -2.08. The van der Waals surface area contributed by atoms with Crippen LogP contribution in [0.25, 0.3) is 0 Å². The van der Waals surface area contributed by atoms with Crippen LogP contribution in [0.5, 0.6) is 5.75 Å². The van der Waals surface area contributed by atoms with E-state index in [1.165, 1.54) is 13.2 Å². The first-order chi connectivity index (χ1) is 9.63. The van der Waals surface area contributed by atoms with Crippen LogP contribution in [0.15, 0.2) is 42.5 Å². The van der Waals surface area contributed by atoms with Crippen molar-refractivity contribution in [1.29, 1.82) is 0 Å². The van der Waals surface area contributed by atoms with Crippen molar-refractivity contribution < 1.29 is 14.2 Å². The summed E-state index contributed by atoms with van der Waals surface area (Å²) in [5.41, 5.74) is 2.31. The first kappa shape index (κ1) is 14.3. The fourth-order valence-corrected chi connectivity index (χ4v) is 2.02. The molecule has 2 aromatic carbocycles. The van der Waals surface area contributed by atoms with Gasteiger partial charge in [0.1, 0.15) is 11.6 Å². The summed E-state index contributed by atoms with van der Waals surface area (Å²) in [4.78, 5) is 0. The molecule has 2 rings (SSSR count). The average Bonchev–Trinajstić information content (AvgIpc) is 2.47. The van der Waals surface area contributed by atoms with Crippen molar-refractivity contribution in [2.45, 2.75) is 19.6 Å². The van der Waals surface area contributed by atoms with E-state index in [-0.39, 0.29) is 18.5 Å². The summed E-state index contributed by atoms with van der Waals surface area (Å²) in [6.07, 6.45) is 0. The van der Waals surface area contributed by atoms with Gasteiger partial charge in [-0.1, -0.05) is 18.2 Å². The van der Waals surface area contributed by atoms with Crippen molar-refractivity contribution in [3.63, 3.8) is 0 Å². The molecule has 2 N–H and O–H groups in total. The van der Waals surface area contributed by atoms with Crippen LogP contribution in [-0.4, -0.2) is 12.2 Å². The smallest absolute Gasteiger partial charge is 0.132 e. The molecule has 2 aromatic rings. The molecule has 0 bridgehead atoms. The molecule has 0 aliphatic heterocycles. The number of halogens is 1. The van der Waals surface area contributed by atoms with Gasteiger partial charge >= 0.3 is 0 Å². The topological polar surface area (TPSA) is 41.5 Å². The van der Waals surface area contributed by atoms with Gasteiger partial charge in [0.15, 0.2) is 0 Å². The molecule has 0 radical (unpaired) electrons. The number of ether oxygens (including phenoxy) is 1. The summed E-state index contributed by atoms with van der Waals surface area (Å²) in [6.45, 7) is 1.91. The third-order valence-corrected chi connectivity index (χ3v) is 3.19. The van der Waals surface area contributed by atoms with E-state index in [9.17, 15) is 4.39 Å². The van der Waals surface area contributed by atoms with E-state index < -0.39 is 0 Å². The molecule has 1 unspecified atom stereocenters. The van der Waals surface area contributed by atoms with E-state index in [0.717, 1.165) is 11.3 Å². The quantitative estimate of drug-likeness (QED) is 0.877. The summed E-state index contributed by atoms with van der Waals surface area (Å²) in [5.74, 6) is 0.210. The van der Waals surface area contributed by atoms with Gasteiger partial charge in [0.05, 0.1) is 19.8 Å². The Balaban J connectivity index is 2.12. The van der Waals surface area contributed by atoms with Crippen molar-refractivity contribution in [3.8, 4) is 5.75 Å². The third kappa shape index (κ3) is 3.27. The molecule has 106 valence electrons. The molecule has 0 fully saturated rings. The minimum absolute atomic E-state index is 0.0168. The highest BCUT2D eigenvalue weighted by atomic mass is 19.1. The second-order valence-corrected chi connectivity index (χ2v) is 4.61. The molecule has 1 atom stereocenters. The Morgan fingerprint density at radius 1 is 1.20 bits per heavy atom. The fourth-order valence-electron chi connectivity index (χ4n) is 2.02. The van der Waals surface area contributed by atoms with E-state index in [4.69, 9.17) is 9.84 Å². The van der Waals surface area contributed by atoms with Gasteiger partial charge in [-0.25, -0.2) is 4.39 Å². The van der Waals surface area contributed by atoms with E-state index in [0.29, 0.717) is 11.3 Å². The number of aliphatic hydroxyl groups excluding tert-OH is 1. The van der Waals surface area contributed by atoms with Crippen LogP contribution in [0.3, 0.4) is 0 Å². The lowest BCUT2D eigenvalue weighted by Gasteiger charge is -2.17. The number of methoxy groups -OCH3 is 1. The van der Waals surface area contributed by atoms with E-state index >= 15 is 0 Å². The van der Waals surface area contributed by atoms with Gasteiger partial charge < -0.3 is 15.2 Å². The van der Waals surface area contributed by atoms with E-state index in [2.05, 4.69) is 5.32 Å². The fraction of sp³-hybridized carbons (Fsp3) is 0.250. The van der Waals surface area contributed by atoms with Crippen molar-refractivity contribution in [2.75, 3.05) is 12.4 Å². The molecule has 0 amide bonds. The van der Waals surface area contributed by atoms with Gasteiger partial charge in [-0.15, -0.1) is 0 Å². The van der Waals surface area contributed by atoms with Crippen LogP contribution < -0.4 is 10.1 Å². The highest BCUT2D eigenvalue weighted by Gasteiger charge is 2.11. The molecule has 20 heavy (non-hydrogen) atoms. The summed E-state index contributed by atoms with van der Waals surface area (Å²) in [5, 5.41) is 12.2. The highest BCUT2D eigenvalue weighted by molar-refractivity contribution is 5.47. The minimum Gasteiger partial charge on any atom is -0.497 e. The molecule has 4 heteroatoms. The maximum Gasteiger partial charge on any atom is 0.132 e. The van der Waals surface area contributed by atoms with Gasteiger partial charge in [-0.2, -0.15) is 0 Å². The Labute approximate surface area is 118 Å². The van der Waals surface area contributed by atoms with Crippen LogP contribution >= 0.6 is 0 Å². The Kier molecular flexibility index (Phi) is 4.58. The summed E-state index contributed by atoms with van der Waals surface area (Å²) in [6, 6.07) is 12.1. The number of hydrogen-bond donors (Lipinski definition) is 2. The Morgan fingerprint density at radius 2 is 1.90 bits per heavy atom. The molecule has 0 spiro atoms. The van der Waals surface area contributed by atoms with Crippen molar-refractivity contribution in [2.24, 2.45) is 0 Å². The zero-order chi connectivity index (χ0) is 14.5.